The van der Waals surface area contributed by atoms with Gasteiger partial charge in [-0.3, -0.25) is 18.6 Å². The highest BCUT2D eigenvalue weighted by atomic mass is 31.2. The molecule has 1 fully saturated rings. The van der Waals surface area contributed by atoms with E-state index in [1.54, 1.807) is 0 Å². The van der Waals surface area contributed by atoms with Crippen molar-refractivity contribution in [2.45, 2.75) is 230 Å². The molecule has 6 N–H and O–H groups in total. The Hall–Kier alpha value is -1.15. The van der Waals surface area contributed by atoms with Gasteiger partial charge in [0, 0.05) is 12.8 Å². The van der Waals surface area contributed by atoms with Gasteiger partial charge in [0.2, 0.25) is 0 Å². The van der Waals surface area contributed by atoms with E-state index in [1.807, 2.05) is 0 Å². The van der Waals surface area contributed by atoms with Gasteiger partial charge in [0.25, 0.3) is 0 Å². The summed E-state index contributed by atoms with van der Waals surface area (Å²) in [6.45, 7) is 3.24. The zero-order chi connectivity index (χ0) is 40.0. The normalized spacial score (nSPS) is 23.2. The van der Waals surface area contributed by atoms with Gasteiger partial charge in [-0.2, -0.15) is 0 Å². The van der Waals surface area contributed by atoms with Crippen molar-refractivity contribution in [1.29, 1.82) is 0 Å². The Bertz CT molecular complexity index is 969. The maximum Gasteiger partial charge on any atom is 0.472 e. The lowest BCUT2D eigenvalue weighted by Gasteiger charge is -2.41. The average Bonchev–Trinajstić information content (AvgIpc) is 3.15. The zero-order valence-electron chi connectivity index (χ0n) is 33.5. The molecular weight excluding hydrogens is 719 g/mol. The molecule has 1 aliphatic rings. The number of unbranched alkanes of at least 4 members (excludes halogenated alkanes) is 23. The molecule has 1 saturated carbocycles. The summed E-state index contributed by atoms with van der Waals surface area (Å²) in [5, 5.41) is 49.9. The molecular formula is C40H77O13P. The van der Waals surface area contributed by atoms with Gasteiger partial charge in [-0.05, 0) is 12.8 Å². The third-order valence-electron chi connectivity index (χ3n) is 10.2. The monoisotopic (exact) mass is 797 g/mol. The molecule has 54 heavy (non-hydrogen) atoms. The Morgan fingerprint density at radius 3 is 1.22 bits per heavy atom. The Morgan fingerprint density at radius 1 is 0.500 bits per heavy atom. The van der Waals surface area contributed by atoms with E-state index in [0.717, 1.165) is 51.4 Å². The lowest BCUT2D eigenvalue weighted by Crippen LogP contribution is -2.64. The van der Waals surface area contributed by atoms with Crippen LogP contribution in [0.5, 0.6) is 0 Å². The summed E-state index contributed by atoms with van der Waals surface area (Å²) in [5.41, 5.74) is 0. The van der Waals surface area contributed by atoms with Crippen LogP contribution in [0.25, 0.3) is 0 Å². The predicted octanol–water partition coefficient (Wildman–Crippen LogP) is 7.33. The van der Waals surface area contributed by atoms with Crippen molar-refractivity contribution in [3.8, 4) is 0 Å². The number of hydrogen-bond acceptors (Lipinski definition) is 12. The second kappa shape index (κ2) is 31.9. The first kappa shape index (κ1) is 50.9. The third-order valence-corrected chi connectivity index (χ3v) is 11.2. The van der Waals surface area contributed by atoms with E-state index in [9.17, 15) is 44.6 Å². The fourth-order valence-electron chi connectivity index (χ4n) is 6.70. The van der Waals surface area contributed by atoms with Crippen molar-refractivity contribution in [1.82, 2.24) is 0 Å². The molecule has 0 bridgehead atoms. The van der Waals surface area contributed by atoms with Gasteiger partial charge in [-0.25, -0.2) is 4.57 Å². The Kier molecular flexibility index (Phi) is 30.0. The first-order valence-corrected chi connectivity index (χ1v) is 22.8. The summed E-state index contributed by atoms with van der Waals surface area (Å²) in [6, 6.07) is 0. The molecule has 0 aromatic heterocycles. The molecule has 0 heterocycles. The van der Waals surface area contributed by atoms with Crippen LogP contribution in [-0.4, -0.2) is 98.3 Å². The van der Waals surface area contributed by atoms with Crippen LogP contribution in [-0.2, 0) is 32.7 Å². The molecule has 0 aliphatic heterocycles. The van der Waals surface area contributed by atoms with Crippen molar-refractivity contribution < 1.29 is 63.1 Å². The molecule has 13 nitrogen and oxygen atoms in total. The quantitative estimate of drug-likeness (QED) is 0.0211. The van der Waals surface area contributed by atoms with Crippen molar-refractivity contribution in [3.63, 3.8) is 0 Å². The van der Waals surface area contributed by atoms with E-state index in [0.29, 0.717) is 12.8 Å². The molecule has 0 amide bonds. The van der Waals surface area contributed by atoms with Crippen molar-refractivity contribution in [2.24, 2.45) is 0 Å². The number of ether oxygens (including phenoxy) is 2. The number of carbonyl (C=O) groups excluding carboxylic acids is 2. The van der Waals surface area contributed by atoms with Gasteiger partial charge >= 0.3 is 19.8 Å². The SMILES string of the molecule is CCCCCCCCCCCCCCCCCCCCC(=O)OC(COC(=O)CCCCCCCCC)COP(=O)(O)OC1C(O)C(O)C(O)C(O)C1O. The summed E-state index contributed by atoms with van der Waals surface area (Å²) < 4.78 is 33.3. The summed E-state index contributed by atoms with van der Waals surface area (Å²) in [5.74, 6) is -1.10. The molecule has 6 atom stereocenters. The Labute approximate surface area is 325 Å². The van der Waals surface area contributed by atoms with Gasteiger partial charge in [-0.1, -0.05) is 162 Å². The molecule has 0 radical (unpaired) electrons. The number of esters is 2. The molecule has 1 rings (SSSR count). The van der Waals surface area contributed by atoms with Crippen molar-refractivity contribution in [2.75, 3.05) is 13.2 Å². The molecule has 1 aliphatic carbocycles. The van der Waals surface area contributed by atoms with Crippen LogP contribution in [0, 0.1) is 0 Å². The van der Waals surface area contributed by atoms with Crippen LogP contribution in [0.2, 0.25) is 0 Å². The summed E-state index contributed by atoms with van der Waals surface area (Å²) >= 11 is 0. The van der Waals surface area contributed by atoms with E-state index >= 15 is 0 Å². The maximum atomic E-state index is 12.7. The van der Waals surface area contributed by atoms with Crippen LogP contribution >= 0.6 is 7.82 Å². The third kappa shape index (κ3) is 24.5. The zero-order valence-corrected chi connectivity index (χ0v) is 34.4. The summed E-state index contributed by atoms with van der Waals surface area (Å²) in [6.07, 6.45) is 16.3. The smallest absolute Gasteiger partial charge is 0.462 e. The fourth-order valence-corrected chi connectivity index (χ4v) is 7.67. The van der Waals surface area contributed by atoms with E-state index in [1.165, 1.54) is 96.3 Å². The number of carbonyl (C=O) groups is 2. The van der Waals surface area contributed by atoms with Gasteiger partial charge in [0.15, 0.2) is 6.10 Å². The van der Waals surface area contributed by atoms with Gasteiger partial charge in [0.1, 0.15) is 43.2 Å². The molecule has 0 aromatic rings. The van der Waals surface area contributed by atoms with Crippen molar-refractivity contribution in [3.05, 3.63) is 0 Å². The second-order valence-corrected chi connectivity index (χ2v) is 16.6. The predicted molar refractivity (Wildman–Crippen MR) is 208 cm³/mol. The molecule has 320 valence electrons. The van der Waals surface area contributed by atoms with Crippen molar-refractivity contribution >= 4 is 19.8 Å². The first-order chi connectivity index (χ1) is 25.9. The standard InChI is InChI=1S/C40H77O13P/c1-3-5-7-9-11-12-13-14-15-16-17-18-19-20-21-23-25-27-29-34(42)52-32(30-50-33(41)28-26-24-22-10-8-6-4-2)31-51-54(48,49)53-40-38(46)36(44)35(43)37(45)39(40)47/h32,35-40,43-47H,3-31H2,1-2H3,(H,48,49). The molecule has 14 heteroatoms. The lowest BCUT2D eigenvalue weighted by molar-refractivity contribution is -0.220. The molecule has 0 spiro atoms. The van der Waals surface area contributed by atoms with Gasteiger partial charge < -0.3 is 39.9 Å². The molecule has 0 saturated heterocycles. The van der Waals surface area contributed by atoms with Gasteiger partial charge in [-0.15, -0.1) is 0 Å². The minimum atomic E-state index is -5.10. The number of aliphatic hydroxyl groups is 5. The highest BCUT2D eigenvalue weighted by molar-refractivity contribution is 7.47. The topological polar surface area (TPSA) is 210 Å². The summed E-state index contributed by atoms with van der Waals surface area (Å²) in [4.78, 5) is 35.4. The maximum absolute atomic E-state index is 12.7. The van der Waals surface area contributed by atoms with E-state index in [2.05, 4.69) is 13.8 Å². The fraction of sp³-hybridized carbons (Fsp3) is 0.950. The number of phosphoric ester groups is 1. The van der Waals surface area contributed by atoms with E-state index < -0.39 is 75.7 Å². The Morgan fingerprint density at radius 2 is 0.833 bits per heavy atom. The molecule has 0 aromatic carbocycles. The average molecular weight is 797 g/mol. The number of phosphoric acid groups is 1. The lowest BCUT2D eigenvalue weighted by atomic mass is 9.85. The second-order valence-electron chi connectivity index (χ2n) is 15.2. The number of rotatable bonds is 35. The van der Waals surface area contributed by atoms with Crippen LogP contribution in [0.1, 0.15) is 187 Å². The molecule has 6 unspecified atom stereocenters. The van der Waals surface area contributed by atoms with Crippen LogP contribution in [0.4, 0.5) is 0 Å². The Balaban J connectivity index is 2.41. The summed E-state index contributed by atoms with van der Waals surface area (Å²) in [7, 11) is -5.10. The minimum Gasteiger partial charge on any atom is -0.462 e. The number of aliphatic hydroxyl groups excluding tert-OH is 5. The van der Waals surface area contributed by atoms with E-state index in [-0.39, 0.29) is 12.8 Å². The largest absolute Gasteiger partial charge is 0.472 e. The highest BCUT2D eigenvalue weighted by Crippen LogP contribution is 2.47. The van der Waals surface area contributed by atoms with Crippen LogP contribution < -0.4 is 0 Å². The number of hydrogen-bond donors (Lipinski definition) is 6. The minimum absolute atomic E-state index is 0.104. The van der Waals surface area contributed by atoms with Gasteiger partial charge in [0.05, 0.1) is 6.61 Å². The van der Waals surface area contributed by atoms with Crippen LogP contribution in [0.3, 0.4) is 0 Å². The first-order valence-electron chi connectivity index (χ1n) is 21.3. The van der Waals surface area contributed by atoms with Crippen LogP contribution in [0.15, 0.2) is 0 Å². The van der Waals surface area contributed by atoms with E-state index in [4.69, 9.17) is 18.5 Å². The highest BCUT2D eigenvalue weighted by Gasteiger charge is 2.51.